The van der Waals surface area contributed by atoms with Gasteiger partial charge in [0.1, 0.15) is 0 Å². The molecule has 3 rings (SSSR count). The predicted octanol–water partition coefficient (Wildman–Crippen LogP) is 3.43. The summed E-state index contributed by atoms with van der Waals surface area (Å²) in [7, 11) is 1.40. The van der Waals surface area contributed by atoms with E-state index in [1.807, 2.05) is 24.3 Å². The van der Waals surface area contributed by atoms with Crippen LogP contribution in [0.4, 0.5) is 4.39 Å². The van der Waals surface area contributed by atoms with Gasteiger partial charge in [0, 0.05) is 5.92 Å². The molecule has 1 aliphatic rings. The third kappa shape index (κ3) is 2.09. The number of ketones is 1. The molecule has 0 N–H and O–H groups in total. The van der Waals surface area contributed by atoms with E-state index in [2.05, 4.69) is 0 Å². The van der Waals surface area contributed by atoms with Crippen LogP contribution in [-0.4, -0.2) is 12.9 Å². The average Bonchev–Trinajstić information content (AvgIpc) is 2.90. The summed E-state index contributed by atoms with van der Waals surface area (Å²) < 4.78 is 19.1. The van der Waals surface area contributed by atoms with Gasteiger partial charge in [0.15, 0.2) is 17.3 Å². The number of carbonyl (C=O) groups is 1. The van der Waals surface area contributed by atoms with Crippen LogP contribution in [0.3, 0.4) is 0 Å². The van der Waals surface area contributed by atoms with Crippen molar-refractivity contribution >= 4 is 5.78 Å². The van der Waals surface area contributed by atoms with Crippen molar-refractivity contribution in [2.75, 3.05) is 7.11 Å². The van der Waals surface area contributed by atoms with Crippen LogP contribution < -0.4 is 4.74 Å². The summed E-state index contributed by atoms with van der Waals surface area (Å²) in [5.41, 5.74) is 2.51. The van der Waals surface area contributed by atoms with E-state index in [-0.39, 0.29) is 23.0 Å². The topological polar surface area (TPSA) is 26.3 Å². The lowest BCUT2D eigenvalue weighted by Gasteiger charge is -2.10. The van der Waals surface area contributed by atoms with E-state index >= 15 is 0 Å². The molecule has 0 bridgehead atoms. The van der Waals surface area contributed by atoms with Gasteiger partial charge in [0.25, 0.3) is 0 Å². The fraction of sp³-hybridized carbons (Fsp3) is 0.235. The van der Waals surface area contributed by atoms with Crippen molar-refractivity contribution < 1.29 is 13.9 Å². The molecule has 0 aromatic heterocycles. The first kappa shape index (κ1) is 12.9. The maximum atomic E-state index is 14.2. The molecule has 0 fully saturated rings. The molecule has 0 atom stereocenters. The molecule has 0 heterocycles. The van der Waals surface area contributed by atoms with Crippen molar-refractivity contribution in [1.82, 2.24) is 0 Å². The molecule has 0 unspecified atom stereocenters. The molecule has 2 nitrogen and oxygen atoms in total. The molecule has 20 heavy (non-hydrogen) atoms. The van der Waals surface area contributed by atoms with Gasteiger partial charge in [-0.3, -0.25) is 4.79 Å². The van der Waals surface area contributed by atoms with Gasteiger partial charge in [-0.2, -0.15) is 0 Å². The van der Waals surface area contributed by atoms with Crippen molar-refractivity contribution in [2.24, 2.45) is 5.92 Å². The van der Waals surface area contributed by atoms with Crippen LogP contribution in [0.2, 0.25) is 0 Å². The predicted molar refractivity (Wildman–Crippen MR) is 74.6 cm³/mol. The molecule has 0 amide bonds. The molecule has 102 valence electrons. The Morgan fingerprint density at radius 3 is 2.35 bits per heavy atom. The number of fused-ring (bicyclic) bond motifs is 1. The van der Waals surface area contributed by atoms with Gasteiger partial charge in [0.05, 0.1) is 12.7 Å². The Kier molecular flexibility index (Phi) is 3.26. The normalized spacial score (nSPS) is 14.1. The van der Waals surface area contributed by atoms with Crippen LogP contribution in [0.25, 0.3) is 0 Å². The van der Waals surface area contributed by atoms with Crippen LogP contribution in [0.15, 0.2) is 42.5 Å². The van der Waals surface area contributed by atoms with E-state index in [9.17, 15) is 9.18 Å². The molecular formula is C17H15FO2. The lowest BCUT2D eigenvalue weighted by atomic mass is 9.94. The second-order valence-corrected chi connectivity index (χ2v) is 5.06. The van der Waals surface area contributed by atoms with Crippen LogP contribution >= 0.6 is 0 Å². The minimum Gasteiger partial charge on any atom is -0.494 e. The number of hydrogen-bond donors (Lipinski definition) is 0. The highest BCUT2D eigenvalue weighted by atomic mass is 19.1. The van der Waals surface area contributed by atoms with Crippen molar-refractivity contribution in [2.45, 2.75) is 12.8 Å². The third-order valence-corrected chi connectivity index (χ3v) is 3.87. The number of methoxy groups -OCH3 is 1. The lowest BCUT2D eigenvalue weighted by Crippen LogP contribution is -2.16. The van der Waals surface area contributed by atoms with E-state index in [0.717, 1.165) is 0 Å². The summed E-state index contributed by atoms with van der Waals surface area (Å²) in [5, 5.41) is 0. The summed E-state index contributed by atoms with van der Waals surface area (Å²) in [6.45, 7) is 0. The van der Waals surface area contributed by atoms with Gasteiger partial charge in [0.2, 0.25) is 0 Å². The van der Waals surface area contributed by atoms with E-state index in [0.29, 0.717) is 12.8 Å². The number of carbonyl (C=O) groups excluding carboxylic acids is 1. The third-order valence-electron chi connectivity index (χ3n) is 3.87. The highest BCUT2D eigenvalue weighted by Crippen LogP contribution is 2.31. The van der Waals surface area contributed by atoms with Gasteiger partial charge in [-0.25, -0.2) is 4.39 Å². The van der Waals surface area contributed by atoms with Gasteiger partial charge in [-0.15, -0.1) is 0 Å². The number of hydrogen-bond acceptors (Lipinski definition) is 2. The number of Topliss-reactive ketones (excluding diaryl/α,β-unsaturated/α-hetero) is 1. The Labute approximate surface area is 117 Å². The largest absolute Gasteiger partial charge is 0.494 e. The Morgan fingerprint density at radius 2 is 1.75 bits per heavy atom. The van der Waals surface area contributed by atoms with Gasteiger partial charge in [-0.1, -0.05) is 30.3 Å². The molecule has 3 heteroatoms. The van der Waals surface area contributed by atoms with Gasteiger partial charge < -0.3 is 4.74 Å². The van der Waals surface area contributed by atoms with E-state index in [1.54, 1.807) is 6.07 Å². The summed E-state index contributed by atoms with van der Waals surface area (Å²) in [4.78, 5) is 12.5. The monoisotopic (exact) mass is 270 g/mol. The fourth-order valence-corrected chi connectivity index (χ4v) is 2.82. The zero-order valence-electron chi connectivity index (χ0n) is 11.2. The van der Waals surface area contributed by atoms with Crippen LogP contribution in [-0.2, 0) is 12.8 Å². The second kappa shape index (κ2) is 5.08. The molecule has 0 saturated carbocycles. The quantitative estimate of drug-likeness (QED) is 0.799. The number of benzene rings is 2. The van der Waals surface area contributed by atoms with E-state index in [1.165, 1.54) is 30.4 Å². The Morgan fingerprint density at radius 1 is 1.10 bits per heavy atom. The fourth-order valence-electron chi connectivity index (χ4n) is 2.82. The Hall–Kier alpha value is -2.16. The van der Waals surface area contributed by atoms with Crippen molar-refractivity contribution in [3.63, 3.8) is 0 Å². The Bertz CT molecular complexity index is 639. The molecule has 0 spiro atoms. The summed E-state index contributed by atoms with van der Waals surface area (Å²) in [6.07, 6.45) is 1.37. The highest BCUT2D eigenvalue weighted by molar-refractivity contribution is 5.99. The zero-order chi connectivity index (χ0) is 14.1. The SMILES string of the molecule is COc1cccc(C(=O)C2Cc3ccccc3C2)c1F. The molecule has 1 aliphatic carbocycles. The van der Waals surface area contributed by atoms with Crippen molar-refractivity contribution in [1.29, 1.82) is 0 Å². The summed E-state index contributed by atoms with van der Waals surface area (Å²) in [6, 6.07) is 12.7. The first-order valence-electron chi connectivity index (χ1n) is 6.64. The molecule has 0 radical (unpaired) electrons. The van der Waals surface area contributed by atoms with E-state index < -0.39 is 5.82 Å². The van der Waals surface area contributed by atoms with E-state index in [4.69, 9.17) is 4.74 Å². The minimum atomic E-state index is -0.559. The van der Waals surface area contributed by atoms with Gasteiger partial charge >= 0.3 is 0 Å². The van der Waals surface area contributed by atoms with Crippen LogP contribution in [0.1, 0.15) is 21.5 Å². The van der Waals surface area contributed by atoms with Crippen molar-refractivity contribution in [3.8, 4) is 5.75 Å². The smallest absolute Gasteiger partial charge is 0.175 e. The number of ether oxygens (including phenoxy) is 1. The molecular weight excluding hydrogens is 255 g/mol. The maximum absolute atomic E-state index is 14.2. The Balaban J connectivity index is 1.89. The van der Waals surface area contributed by atoms with Gasteiger partial charge in [-0.05, 0) is 36.1 Å². The van der Waals surface area contributed by atoms with Crippen LogP contribution in [0.5, 0.6) is 5.75 Å². The first-order valence-corrected chi connectivity index (χ1v) is 6.64. The summed E-state index contributed by atoms with van der Waals surface area (Å²) >= 11 is 0. The second-order valence-electron chi connectivity index (χ2n) is 5.06. The average molecular weight is 270 g/mol. The molecule has 0 saturated heterocycles. The maximum Gasteiger partial charge on any atom is 0.175 e. The molecule has 2 aromatic carbocycles. The highest BCUT2D eigenvalue weighted by Gasteiger charge is 2.29. The first-order chi connectivity index (χ1) is 9.70. The minimum absolute atomic E-state index is 0.117. The van der Waals surface area contributed by atoms with Crippen molar-refractivity contribution in [3.05, 3.63) is 65.0 Å². The molecule has 2 aromatic rings. The zero-order valence-corrected chi connectivity index (χ0v) is 11.2. The number of halogens is 1. The standard InChI is InChI=1S/C17H15FO2/c1-20-15-8-4-7-14(16(15)18)17(19)13-9-11-5-2-3-6-12(11)10-13/h2-8,13H,9-10H2,1H3. The lowest BCUT2D eigenvalue weighted by molar-refractivity contribution is 0.0920. The van der Waals surface area contributed by atoms with Crippen LogP contribution in [0, 0.1) is 11.7 Å². The number of rotatable bonds is 3. The summed E-state index contributed by atoms with van der Waals surface area (Å²) in [5.74, 6) is -0.756. The molecule has 0 aliphatic heterocycles.